The third-order valence-corrected chi connectivity index (χ3v) is 4.56. The minimum absolute atomic E-state index is 0.0106. The summed E-state index contributed by atoms with van der Waals surface area (Å²) in [6, 6.07) is 2.24. The zero-order valence-corrected chi connectivity index (χ0v) is 13.1. The highest BCUT2D eigenvalue weighted by Crippen LogP contribution is 2.19. The number of aromatic nitrogens is 1. The molecule has 0 spiro atoms. The molecule has 20 heavy (non-hydrogen) atoms. The topological polar surface area (TPSA) is 54.0 Å². The second kappa shape index (κ2) is 7.53. The quantitative estimate of drug-likeness (QED) is 0.876. The van der Waals surface area contributed by atoms with Crippen LogP contribution < -0.4 is 10.6 Å². The first-order chi connectivity index (χ1) is 9.70. The van der Waals surface area contributed by atoms with Gasteiger partial charge in [0, 0.05) is 30.2 Å². The fourth-order valence-corrected chi connectivity index (χ4v) is 3.34. The average Bonchev–Trinajstić information content (AvgIpc) is 2.46. The van der Waals surface area contributed by atoms with Crippen molar-refractivity contribution < 1.29 is 4.79 Å². The van der Waals surface area contributed by atoms with Gasteiger partial charge in [-0.3, -0.25) is 9.78 Å². The number of thioether (sulfide) groups is 1. The smallest absolute Gasteiger partial charge is 0.255 e. The molecule has 1 saturated heterocycles. The van der Waals surface area contributed by atoms with E-state index in [2.05, 4.69) is 22.5 Å². The fraction of sp³-hybridized carbons (Fsp3) is 0.600. The van der Waals surface area contributed by atoms with E-state index in [1.54, 1.807) is 6.20 Å². The first-order valence-corrected chi connectivity index (χ1v) is 8.45. The number of aryl methyl sites for hydroxylation is 1. The van der Waals surface area contributed by atoms with Crippen molar-refractivity contribution in [3.05, 3.63) is 23.5 Å². The highest BCUT2D eigenvalue weighted by atomic mass is 32.2. The van der Waals surface area contributed by atoms with Gasteiger partial charge in [0.25, 0.3) is 5.91 Å². The van der Waals surface area contributed by atoms with E-state index in [-0.39, 0.29) is 5.91 Å². The maximum absolute atomic E-state index is 12.4. The van der Waals surface area contributed by atoms with Gasteiger partial charge < -0.3 is 10.6 Å². The zero-order chi connectivity index (χ0) is 14.4. The largest absolute Gasteiger partial charge is 0.384 e. The van der Waals surface area contributed by atoms with E-state index in [1.165, 1.54) is 12.2 Å². The van der Waals surface area contributed by atoms with E-state index < -0.39 is 0 Å². The van der Waals surface area contributed by atoms with Gasteiger partial charge >= 0.3 is 0 Å². The lowest BCUT2D eigenvalue weighted by Gasteiger charge is -2.23. The maximum Gasteiger partial charge on any atom is 0.255 e. The Morgan fingerprint density at radius 1 is 1.55 bits per heavy atom. The fourth-order valence-electron chi connectivity index (χ4n) is 2.26. The number of nitrogens with zero attached hydrogens (tertiary/aromatic N) is 1. The standard InChI is InChI=1S/C15H23N3OS/c1-3-6-16-14-8-11(2)17-9-13(14)15(19)18-12-5-4-7-20-10-12/h8-9,12H,3-7,10H2,1-2H3,(H,16,17)(H,18,19). The maximum atomic E-state index is 12.4. The summed E-state index contributed by atoms with van der Waals surface area (Å²) in [5, 5.41) is 6.45. The molecule has 1 atom stereocenters. The Bertz CT molecular complexity index is 458. The Morgan fingerprint density at radius 2 is 2.40 bits per heavy atom. The van der Waals surface area contributed by atoms with Crippen LogP contribution in [0.25, 0.3) is 0 Å². The van der Waals surface area contributed by atoms with Crippen LogP contribution in [0.4, 0.5) is 5.69 Å². The van der Waals surface area contributed by atoms with E-state index in [1.807, 2.05) is 24.8 Å². The number of anilines is 1. The van der Waals surface area contributed by atoms with Crippen molar-refractivity contribution in [1.82, 2.24) is 10.3 Å². The molecule has 1 aromatic rings. The Morgan fingerprint density at radius 3 is 3.10 bits per heavy atom. The molecule has 0 aromatic carbocycles. The normalized spacial score (nSPS) is 18.6. The zero-order valence-electron chi connectivity index (χ0n) is 12.2. The van der Waals surface area contributed by atoms with Crippen LogP contribution in [0, 0.1) is 6.92 Å². The summed E-state index contributed by atoms with van der Waals surface area (Å²) in [5.74, 6) is 2.22. The molecule has 5 heteroatoms. The molecule has 1 aliphatic rings. The van der Waals surface area contributed by atoms with Crippen molar-refractivity contribution >= 4 is 23.4 Å². The van der Waals surface area contributed by atoms with Gasteiger partial charge in [0.15, 0.2) is 0 Å². The van der Waals surface area contributed by atoms with Gasteiger partial charge in [-0.15, -0.1) is 0 Å². The molecular formula is C15H23N3OS. The third-order valence-electron chi connectivity index (χ3n) is 3.35. The van der Waals surface area contributed by atoms with Crippen molar-refractivity contribution in [2.75, 3.05) is 23.4 Å². The summed E-state index contributed by atoms with van der Waals surface area (Å²) >= 11 is 1.91. The summed E-state index contributed by atoms with van der Waals surface area (Å²) in [7, 11) is 0. The van der Waals surface area contributed by atoms with Crippen LogP contribution in [0.5, 0.6) is 0 Å². The number of carbonyl (C=O) groups is 1. The molecule has 110 valence electrons. The first kappa shape index (κ1) is 15.2. The van der Waals surface area contributed by atoms with Gasteiger partial charge in [-0.05, 0) is 38.0 Å². The Hall–Kier alpha value is -1.23. The van der Waals surface area contributed by atoms with Crippen LogP contribution in [0.3, 0.4) is 0 Å². The Kier molecular flexibility index (Phi) is 5.71. The minimum atomic E-state index is -0.0106. The van der Waals surface area contributed by atoms with E-state index in [0.29, 0.717) is 11.6 Å². The number of amides is 1. The molecule has 1 aromatic heterocycles. The summed E-state index contributed by atoms with van der Waals surface area (Å²) in [5.41, 5.74) is 2.47. The van der Waals surface area contributed by atoms with Crippen LogP contribution >= 0.6 is 11.8 Å². The molecule has 0 aliphatic carbocycles. The lowest BCUT2D eigenvalue weighted by Crippen LogP contribution is -2.38. The van der Waals surface area contributed by atoms with Crippen LogP contribution in [0.2, 0.25) is 0 Å². The van der Waals surface area contributed by atoms with E-state index in [0.717, 1.165) is 36.5 Å². The van der Waals surface area contributed by atoms with Gasteiger partial charge in [-0.1, -0.05) is 6.92 Å². The number of rotatable bonds is 5. The molecule has 1 unspecified atom stereocenters. The molecule has 4 nitrogen and oxygen atoms in total. The monoisotopic (exact) mass is 293 g/mol. The molecule has 2 heterocycles. The summed E-state index contributed by atoms with van der Waals surface area (Å²) in [6.45, 7) is 4.92. The van der Waals surface area contributed by atoms with E-state index in [4.69, 9.17) is 0 Å². The second-order valence-electron chi connectivity index (χ2n) is 5.19. The lowest BCUT2D eigenvalue weighted by atomic mass is 10.1. The number of pyridine rings is 1. The Labute approximate surface area is 125 Å². The Balaban J connectivity index is 2.07. The molecule has 0 saturated carbocycles. The van der Waals surface area contributed by atoms with Crippen LogP contribution in [-0.2, 0) is 0 Å². The summed E-state index contributed by atoms with van der Waals surface area (Å²) in [6.07, 6.45) is 4.97. The van der Waals surface area contributed by atoms with Crippen LogP contribution in [0.15, 0.2) is 12.3 Å². The van der Waals surface area contributed by atoms with Gasteiger partial charge in [-0.25, -0.2) is 0 Å². The lowest BCUT2D eigenvalue weighted by molar-refractivity contribution is 0.0939. The van der Waals surface area contributed by atoms with Gasteiger partial charge in [-0.2, -0.15) is 11.8 Å². The molecule has 0 radical (unpaired) electrons. The van der Waals surface area contributed by atoms with E-state index in [9.17, 15) is 4.79 Å². The third kappa shape index (κ3) is 4.13. The highest BCUT2D eigenvalue weighted by Gasteiger charge is 2.19. The molecule has 2 rings (SSSR count). The number of hydrogen-bond acceptors (Lipinski definition) is 4. The number of carbonyl (C=O) groups excluding carboxylic acids is 1. The summed E-state index contributed by atoms with van der Waals surface area (Å²) in [4.78, 5) is 16.7. The van der Waals surface area contributed by atoms with Gasteiger partial charge in [0.2, 0.25) is 0 Å². The van der Waals surface area contributed by atoms with E-state index >= 15 is 0 Å². The number of hydrogen-bond donors (Lipinski definition) is 2. The van der Waals surface area contributed by atoms with Gasteiger partial charge in [0.1, 0.15) is 0 Å². The molecule has 1 aliphatic heterocycles. The molecule has 1 fully saturated rings. The highest BCUT2D eigenvalue weighted by molar-refractivity contribution is 7.99. The predicted molar refractivity (Wildman–Crippen MR) is 85.6 cm³/mol. The minimum Gasteiger partial charge on any atom is -0.384 e. The van der Waals surface area contributed by atoms with Crippen molar-refractivity contribution in [2.24, 2.45) is 0 Å². The van der Waals surface area contributed by atoms with Crippen molar-refractivity contribution in [3.63, 3.8) is 0 Å². The average molecular weight is 293 g/mol. The van der Waals surface area contributed by atoms with Crippen molar-refractivity contribution in [3.8, 4) is 0 Å². The molecule has 2 N–H and O–H groups in total. The van der Waals surface area contributed by atoms with Crippen LogP contribution in [0.1, 0.15) is 42.2 Å². The SMILES string of the molecule is CCCNc1cc(C)ncc1C(=O)NC1CCCSC1. The van der Waals surface area contributed by atoms with Crippen molar-refractivity contribution in [2.45, 2.75) is 39.2 Å². The second-order valence-corrected chi connectivity index (χ2v) is 6.34. The van der Waals surface area contributed by atoms with Crippen molar-refractivity contribution in [1.29, 1.82) is 0 Å². The first-order valence-electron chi connectivity index (χ1n) is 7.30. The van der Waals surface area contributed by atoms with Crippen LogP contribution in [-0.4, -0.2) is 35.0 Å². The summed E-state index contributed by atoms with van der Waals surface area (Å²) < 4.78 is 0. The number of nitrogens with one attached hydrogen (secondary N) is 2. The predicted octanol–water partition coefficient (Wildman–Crippen LogP) is 2.84. The van der Waals surface area contributed by atoms with Gasteiger partial charge in [0.05, 0.1) is 11.3 Å². The molecule has 0 bridgehead atoms. The molecule has 1 amide bonds. The molecular weight excluding hydrogens is 270 g/mol.